The molecule has 1 amide bonds. The fourth-order valence-electron chi connectivity index (χ4n) is 2.17. The van der Waals surface area contributed by atoms with Gasteiger partial charge in [0.1, 0.15) is 0 Å². The van der Waals surface area contributed by atoms with Gasteiger partial charge in [-0.05, 0) is 37.0 Å². The summed E-state index contributed by atoms with van der Waals surface area (Å²) in [6, 6.07) is 1.63. The van der Waals surface area contributed by atoms with Crippen LogP contribution in [0.2, 0.25) is 0 Å². The Bertz CT molecular complexity index is 526. The number of aromatic nitrogens is 1. The molecule has 1 heterocycles. The number of carboxylic acid groups (broad SMARTS) is 1. The van der Waals surface area contributed by atoms with Crippen molar-refractivity contribution in [1.29, 1.82) is 0 Å². The molecule has 0 aliphatic carbocycles. The van der Waals surface area contributed by atoms with Crippen LogP contribution in [-0.2, 0) is 4.79 Å². The Balaban J connectivity index is 2.93. The smallest absolute Gasteiger partial charge is 0.328 e. The largest absolute Gasteiger partial charge is 0.478 e. The summed E-state index contributed by atoms with van der Waals surface area (Å²) in [6.07, 6.45) is 8.02. The topological polar surface area (TPSA) is 79.3 Å². The minimum Gasteiger partial charge on any atom is -0.478 e. The van der Waals surface area contributed by atoms with Gasteiger partial charge >= 0.3 is 5.97 Å². The van der Waals surface area contributed by atoms with Gasteiger partial charge in [-0.2, -0.15) is 0 Å². The van der Waals surface area contributed by atoms with Gasteiger partial charge in [0.05, 0.1) is 5.56 Å². The van der Waals surface area contributed by atoms with Crippen LogP contribution < -0.4 is 5.32 Å². The molecule has 0 bridgehead atoms. The quantitative estimate of drug-likeness (QED) is 0.757. The number of carbonyl (C=O) groups excluding carboxylic acids is 1. The fourth-order valence-corrected chi connectivity index (χ4v) is 2.17. The zero-order chi connectivity index (χ0) is 15.9. The molecule has 0 saturated heterocycles. The normalized spacial score (nSPS) is 11.6. The number of hydrogen-bond acceptors (Lipinski definition) is 3. The van der Waals surface area contributed by atoms with Gasteiger partial charge < -0.3 is 10.4 Å². The first-order valence-electron chi connectivity index (χ1n) is 7.15. The molecular weight excluding hydrogens is 268 g/mol. The average Bonchev–Trinajstić information content (AvgIpc) is 2.51. The molecule has 114 valence electrons. The van der Waals surface area contributed by atoms with E-state index in [1.54, 1.807) is 6.07 Å². The Morgan fingerprint density at radius 3 is 2.38 bits per heavy atom. The number of rotatable bonds is 7. The summed E-state index contributed by atoms with van der Waals surface area (Å²) in [7, 11) is 0. The van der Waals surface area contributed by atoms with Gasteiger partial charge in [-0.3, -0.25) is 9.78 Å². The van der Waals surface area contributed by atoms with Crippen molar-refractivity contribution in [3.8, 4) is 0 Å². The standard InChI is InChI=1S/C16H22N2O3/c1-4-16(5-2,6-3)18-15(21)13-9-12(10-17-11-13)7-8-14(19)20/h7-11H,4-6H2,1-3H3,(H,18,21)(H,19,20). The predicted octanol–water partition coefficient (Wildman–Crippen LogP) is 2.88. The average molecular weight is 290 g/mol. The summed E-state index contributed by atoms with van der Waals surface area (Å²) in [4.78, 5) is 26.8. The molecule has 21 heavy (non-hydrogen) atoms. The number of amides is 1. The monoisotopic (exact) mass is 290 g/mol. The highest BCUT2D eigenvalue weighted by atomic mass is 16.4. The third-order valence-electron chi connectivity index (χ3n) is 3.85. The summed E-state index contributed by atoms with van der Waals surface area (Å²) in [5, 5.41) is 11.7. The molecular formula is C16H22N2O3. The predicted molar refractivity (Wildman–Crippen MR) is 82.0 cm³/mol. The lowest BCUT2D eigenvalue weighted by atomic mass is 9.89. The van der Waals surface area contributed by atoms with Crippen LogP contribution in [0, 0.1) is 0 Å². The molecule has 1 rings (SSSR count). The summed E-state index contributed by atoms with van der Waals surface area (Å²) < 4.78 is 0. The van der Waals surface area contributed by atoms with Crippen molar-refractivity contribution >= 4 is 18.0 Å². The number of pyridine rings is 1. The lowest BCUT2D eigenvalue weighted by molar-refractivity contribution is -0.131. The summed E-state index contributed by atoms with van der Waals surface area (Å²) >= 11 is 0. The number of carboxylic acids is 1. The van der Waals surface area contributed by atoms with Gasteiger partial charge in [-0.15, -0.1) is 0 Å². The molecule has 0 radical (unpaired) electrons. The molecule has 5 heteroatoms. The third kappa shape index (κ3) is 4.70. The third-order valence-corrected chi connectivity index (χ3v) is 3.85. The molecule has 1 aromatic heterocycles. The molecule has 0 atom stereocenters. The summed E-state index contributed by atoms with van der Waals surface area (Å²) in [6.45, 7) is 6.16. The van der Waals surface area contributed by atoms with Gasteiger partial charge in [0, 0.05) is 24.0 Å². The van der Waals surface area contributed by atoms with Gasteiger partial charge in [-0.1, -0.05) is 20.8 Å². The molecule has 0 aromatic carbocycles. The molecule has 0 unspecified atom stereocenters. The highest BCUT2D eigenvalue weighted by Gasteiger charge is 2.26. The van der Waals surface area contributed by atoms with Gasteiger partial charge in [0.2, 0.25) is 0 Å². The van der Waals surface area contributed by atoms with E-state index in [9.17, 15) is 9.59 Å². The maximum Gasteiger partial charge on any atom is 0.328 e. The van der Waals surface area contributed by atoms with Crippen molar-refractivity contribution in [3.05, 3.63) is 35.7 Å². The van der Waals surface area contributed by atoms with Crippen LogP contribution in [-0.4, -0.2) is 27.5 Å². The van der Waals surface area contributed by atoms with Crippen molar-refractivity contribution in [2.24, 2.45) is 0 Å². The Hall–Kier alpha value is -2.17. The molecule has 0 aliphatic rings. The lowest BCUT2D eigenvalue weighted by Crippen LogP contribution is -2.47. The number of nitrogens with one attached hydrogen (secondary N) is 1. The molecule has 0 aliphatic heterocycles. The minimum atomic E-state index is -1.04. The van der Waals surface area contributed by atoms with E-state index >= 15 is 0 Å². The van der Waals surface area contributed by atoms with Crippen LogP contribution in [0.15, 0.2) is 24.5 Å². The first kappa shape index (κ1) is 16.9. The van der Waals surface area contributed by atoms with Crippen LogP contribution in [0.3, 0.4) is 0 Å². The Labute approximate surface area is 125 Å². The minimum absolute atomic E-state index is 0.182. The van der Waals surface area contributed by atoms with Crippen molar-refractivity contribution in [2.75, 3.05) is 0 Å². The zero-order valence-electron chi connectivity index (χ0n) is 12.7. The molecule has 5 nitrogen and oxygen atoms in total. The second-order valence-electron chi connectivity index (χ2n) is 4.97. The second kappa shape index (κ2) is 7.57. The first-order valence-corrected chi connectivity index (χ1v) is 7.15. The summed E-state index contributed by atoms with van der Waals surface area (Å²) in [5.74, 6) is -1.22. The van der Waals surface area contributed by atoms with Crippen molar-refractivity contribution in [1.82, 2.24) is 10.3 Å². The molecule has 0 saturated carbocycles. The van der Waals surface area contributed by atoms with Crippen LogP contribution in [0.4, 0.5) is 0 Å². The van der Waals surface area contributed by atoms with Gasteiger partial charge in [-0.25, -0.2) is 4.79 Å². The Morgan fingerprint density at radius 2 is 1.86 bits per heavy atom. The number of nitrogens with zero attached hydrogens (tertiary/aromatic N) is 1. The van der Waals surface area contributed by atoms with E-state index in [4.69, 9.17) is 5.11 Å². The zero-order valence-corrected chi connectivity index (χ0v) is 12.7. The van der Waals surface area contributed by atoms with Crippen LogP contribution in [0.25, 0.3) is 6.08 Å². The molecule has 0 fully saturated rings. The van der Waals surface area contributed by atoms with Crippen molar-refractivity contribution in [3.63, 3.8) is 0 Å². The SMILES string of the molecule is CCC(CC)(CC)NC(=O)c1cncc(C=CC(=O)O)c1. The summed E-state index contributed by atoms with van der Waals surface area (Å²) in [5.41, 5.74) is 0.812. The van der Waals surface area contributed by atoms with Gasteiger partial charge in [0.15, 0.2) is 0 Å². The van der Waals surface area contributed by atoms with E-state index in [-0.39, 0.29) is 11.4 Å². The highest BCUT2D eigenvalue weighted by Crippen LogP contribution is 2.20. The van der Waals surface area contributed by atoms with E-state index in [0.29, 0.717) is 11.1 Å². The Morgan fingerprint density at radius 1 is 1.24 bits per heavy atom. The molecule has 1 aromatic rings. The number of hydrogen-bond donors (Lipinski definition) is 2. The van der Waals surface area contributed by atoms with Crippen molar-refractivity contribution < 1.29 is 14.7 Å². The molecule has 0 spiro atoms. The van der Waals surface area contributed by atoms with Gasteiger partial charge in [0.25, 0.3) is 5.91 Å². The first-order chi connectivity index (χ1) is 9.96. The van der Waals surface area contributed by atoms with E-state index in [2.05, 4.69) is 31.1 Å². The van der Waals surface area contributed by atoms with E-state index in [1.807, 2.05) is 0 Å². The van der Waals surface area contributed by atoms with E-state index in [0.717, 1.165) is 25.3 Å². The maximum atomic E-state index is 12.3. The second-order valence-corrected chi connectivity index (χ2v) is 4.97. The molecule has 2 N–H and O–H groups in total. The van der Waals surface area contributed by atoms with E-state index in [1.165, 1.54) is 18.5 Å². The van der Waals surface area contributed by atoms with Crippen LogP contribution in [0.5, 0.6) is 0 Å². The highest BCUT2D eigenvalue weighted by molar-refractivity contribution is 5.95. The lowest BCUT2D eigenvalue weighted by Gasteiger charge is -2.31. The number of carbonyl (C=O) groups is 2. The Kier molecular flexibility index (Phi) is 6.09. The number of aliphatic carboxylic acids is 1. The fraction of sp³-hybridized carbons (Fsp3) is 0.438. The van der Waals surface area contributed by atoms with Crippen LogP contribution >= 0.6 is 0 Å². The van der Waals surface area contributed by atoms with Crippen molar-refractivity contribution in [2.45, 2.75) is 45.6 Å². The maximum absolute atomic E-state index is 12.3. The van der Waals surface area contributed by atoms with E-state index < -0.39 is 5.97 Å². The van der Waals surface area contributed by atoms with Crippen LogP contribution in [0.1, 0.15) is 56.0 Å².